The molecule has 1 saturated heterocycles. The van der Waals surface area contributed by atoms with E-state index in [2.05, 4.69) is 10.9 Å². The Morgan fingerprint density at radius 1 is 1.06 bits per heavy atom. The van der Waals surface area contributed by atoms with Crippen LogP contribution in [0.4, 0.5) is 11.4 Å². The molecule has 0 aliphatic carbocycles. The fourth-order valence-electron chi connectivity index (χ4n) is 3.75. The number of hydrogen-bond acceptors (Lipinski definition) is 5. The minimum absolute atomic E-state index is 0.0760. The number of hydrazine groups is 1. The highest BCUT2D eigenvalue weighted by Crippen LogP contribution is 2.39. The van der Waals surface area contributed by atoms with E-state index in [1.165, 1.54) is 0 Å². The topological polar surface area (TPSA) is 79.9 Å². The van der Waals surface area contributed by atoms with Gasteiger partial charge in [0.2, 0.25) is 11.8 Å². The highest BCUT2D eigenvalue weighted by atomic mass is 35.5. The summed E-state index contributed by atoms with van der Waals surface area (Å²) in [6, 6.07) is 22.5. The summed E-state index contributed by atoms with van der Waals surface area (Å²) in [4.78, 5) is 26.8. The lowest BCUT2D eigenvalue weighted by atomic mass is 10.1. The van der Waals surface area contributed by atoms with E-state index < -0.39 is 5.92 Å². The number of hydrogen-bond donors (Lipinski definition) is 2. The van der Waals surface area contributed by atoms with Gasteiger partial charge in [-0.05, 0) is 30.7 Å². The molecule has 0 bridgehead atoms. The number of carbonyl (C=O) groups excluding carboxylic acids is 2. The molecular formula is C26H26ClN3O4. The van der Waals surface area contributed by atoms with Gasteiger partial charge in [0.15, 0.2) is 11.5 Å². The lowest BCUT2D eigenvalue weighted by Crippen LogP contribution is -2.36. The summed E-state index contributed by atoms with van der Waals surface area (Å²) in [7, 11) is 0. The first-order chi connectivity index (χ1) is 16.5. The maximum atomic E-state index is 12.7. The second kappa shape index (κ2) is 10.9. The number of carbonyl (C=O) groups is 2. The van der Waals surface area contributed by atoms with Crippen molar-refractivity contribution in [2.45, 2.75) is 20.0 Å². The Morgan fingerprint density at radius 3 is 2.47 bits per heavy atom. The number of nitrogens with zero attached hydrogens (tertiary/aromatic N) is 1. The zero-order valence-electron chi connectivity index (χ0n) is 18.8. The molecule has 0 aromatic heterocycles. The minimum Gasteiger partial charge on any atom is -0.490 e. The van der Waals surface area contributed by atoms with Crippen LogP contribution < -0.4 is 25.2 Å². The largest absolute Gasteiger partial charge is 0.490 e. The predicted octanol–water partition coefficient (Wildman–Crippen LogP) is 4.81. The summed E-state index contributed by atoms with van der Waals surface area (Å²) in [5.41, 5.74) is 7.90. The highest BCUT2D eigenvalue weighted by Gasteiger charge is 2.35. The number of benzene rings is 3. The van der Waals surface area contributed by atoms with Crippen LogP contribution in [0.2, 0.25) is 5.02 Å². The van der Waals surface area contributed by atoms with Gasteiger partial charge in [-0.15, -0.1) is 0 Å². The molecule has 1 heterocycles. The predicted molar refractivity (Wildman–Crippen MR) is 132 cm³/mol. The normalized spacial score (nSPS) is 15.2. The van der Waals surface area contributed by atoms with Crippen molar-refractivity contribution in [2.75, 3.05) is 23.5 Å². The van der Waals surface area contributed by atoms with Crippen LogP contribution in [-0.4, -0.2) is 25.0 Å². The molecule has 34 heavy (non-hydrogen) atoms. The summed E-state index contributed by atoms with van der Waals surface area (Å²) in [6.07, 6.45) is 0.152. The quantitative estimate of drug-likeness (QED) is 0.430. The number of halogens is 1. The van der Waals surface area contributed by atoms with Crippen LogP contribution in [0.15, 0.2) is 72.8 Å². The van der Waals surface area contributed by atoms with Gasteiger partial charge in [-0.25, -0.2) is 0 Å². The summed E-state index contributed by atoms with van der Waals surface area (Å²) >= 11 is 6.48. The van der Waals surface area contributed by atoms with Gasteiger partial charge in [-0.3, -0.25) is 20.4 Å². The molecule has 0 unspecified atom stereocenters. The van der Waals surface area contributed by atoms with Crippen LogP contribution >= 0.6 is 11.6 Å². The van der Waals surface area contributed by atoms with E-state index in [-0.39, 0.29) is 18.2 Å². The molecule has 1 atom stereocenters. The van der Waals surface area contributed by atoms with Crippen molar-refractivity contribution < 1.29 is 19.1 Å². The van der Waals surface area contributed by atoms with Crippen LogP contribution in [0.25, 0.3) is 0 Å². The summed E-state index contributed by atoms with van der Waals surface area (Å²) in [5, 5.41) is 0.352. The molecule has 1 aliphatic heterocycles. The van der Waals surface area contributed by atoms with E-state index in [0.29, 0.717) is 42.0 Å². The number of para-hydroxylation sites is 1. The SMILES string of the molecule is CCOc1cc(NNC(=O)[C@@H]2CC(=O)N(c3ccccc3)C2)cc(Cl)c1OCc1ccccc1. The van der Waals surface area contributed by atoms with E-state index in [0.717, 1.165) is 11.3 Å². The first-order valence-corrected chi connectivity index (χ1v) is 11.5. The Labute approximate surface area is 203 Å². The molecule has 0 saturated carbocycles. The average molecular weight is 480 g/mol. The van der Waals surface area contributed by atoms with Gasteiger partial charge < -0.3 is 14.4 Å². The zero-order valence-corrected chi connectivity index (χ0v) is 19.5. The Balaban J connectivity index is 1.39. The van der Waals surface area contributed by atoms with Gasteiger partial charge in [0, 0.05) is 24.7 Å². The van der Waals surface area contributed by atoms with E-state index in [9.17, 15) is 9.59 Å². The zero-order chi connectivity index (χ0) is 23.9. The van der Waals surface area contributed by atoms with Gasteiger partial charge in [-0.2, -0.15) is 0 Å². The van der Waals surface area contributed by atoms with Crippen molar-refractivity contribution in [3.8, 4) is 11.5 Å². The second-order valence-corrected chi connectivity index (χ2v) is 8.26. The third-order valence-corrected chi connectivity index (χ3v) is 5.71. The molecular weight excluding hydrogens is 454 g/mol. The van der Waals surface area contributed by atoms with Crippen molar-refractivity contribution in [2.24, 2.45) is 5.92 Å². The van der Waals surface area contributed by atoms with Crippen molar-refractivity contribution in [1.82, 2.24) is 5.43 Å². The molecule has 176 valence electrons. The molecule has 0 radical (unpaired) electrons. The standard InChI is InChI=1S/C26H26ClN3O4/c1-2-33-23-15-20(14-22(27)25(23)34-17-18-9-5-3-6-10-18)28-29-26(32)19-13-24(31)30(16-19)21-11-7-4-8-12-21/h3-12,14-15,19,28H,2,13,16-17H2,1H3,(H,29,32)/t19-/m1/s1. The van der Waals surface area contributed by atoms with Gasteiger partial charge in [-0.1, -0.05) is 60.1 Å². The smallest absolute Gasteiger partial charge is 0.243 e. The molecule has 2 N–H and O–H groups in total. The van der Waals surface area contributed by atoms with Crippen LogP contribution in [0.1, 0.15) is 18.9 Å². The molecule has 0 spiro atoms. The Hall–Kier alpha value is -3.71. The number of amides is 2. The van der Waals surface area contributed by atoms with Crippen molar-refractivity contribution in [3.05, 3.63) is 83.4 Å². The molecule has 8 heteroatoms. The maximum absolute atomic E-state index is 12.7. The van der Waals surface area contributed by atoms with Gasteiger partial charge >= 0.3 is 0 Å². The lowest BCUT2D eigenvalue weighted by Gasteiger charge is -2.18. The molecule has 1 aliphatic rings. The van der Waals surface area contributed by atoms with Crippen LogP contribution in [0.5, 0.6) is 11.5 Å². The third-order valence-electron chi connectivity index (χ3n) is 5.43. The fourth-order valence-corrected chi connectivity index (χ4v) is 4.01. The number of anilines is 2. The Morgan fingerprint density at radius 2 is 1.76 bits per heavy atom. The van der Waals surface area contributed by atoms with E-state index in [1.807, 2.05) is 67.6 Å². The number of ether oxygens (including phenoxy) is 2. The summed E-state index contributed by atoms with van der Waals surface area (Å²) < 4.78 is 11.6. The average Bonchev–Trinajstić information content (AvgIpc) is 3.25. The molecule has 1 fully saturated rings. The second-order valence-electron chi connectivity index (χ2n) is 7.85. The molecule has 7 nitrogen and oxygen atoms in total. The molecule has 3 aromatic carbocycles. The van der Waals surface area contributed by atoms with Gasteiger partial charge in [0.1, 0.15) is 6.61 Å². The Kier molecular flexibility index (Phi) is 7.54. The molecule has 4 rings (SSSR count). The van der Waals surface area contributed by atoms with E-state index in [4.69, 9.17) is 21.1 Å². The van der Waals surface area contributed by atoms with E-state index in [1.54, 1.807) is 17.0 Å². The Bertz CT molecular complexity index is 1140. The molecule has 2 amide bonds. The monoisotopic (exact) mass is 479 g/mol. The van der Waals surface area contributed by atoms with Crippen LogP contribution in [-0.2, 0) is 16.2 Å². The summed E-state index contributed by atoms with van der Waals surface area (Å²) in [6.45, 7) is 2.96. The highest BCUT2D eigenvalue weighted by molar-refractivity contribution is 6.32. The lowest BCUT2D eigenvalue weighted by molar-refractivity contribution is -0.125. The fraction of sp³-hybridized carbons (Fsp3) is 0.231. The minimum atomic E-state index is -0.462. The van der Waals surface area contributed by atoms with Gasteiger partial charge in [0.05, 0.1) is 23.2 Å². The van der Waals surface area contributed by atoms with Crippen molar-refractivity contribution in [3.63, 3.8) is 0 Å². The van der Waals surface area contributed by atoms with Crippen molar-refractivity contribution >= 4 is 34.8 Å². The first-order valence-electron chi connectivity index (χ1n) is 11.1. The molecule has 3 aromatic rings. The van der Waals surface area contributed by atoms with Crippen molar-refractivity contribution in [1.29, 1.82) is 0 Å². The maximum Gasteiger partial charge on any atom is 0.243 e. The van der Waals surface area contributed by atoms with Crippen LogP contribution in [0, 0.1) is 5.92 Å². The third kappa shape index (κ3) is 5.61. The van der Waals surface area contributed by atoms with Crippen LogP contribution in [0.3, 0.4) is 0 Å². The van der Waals surface area contributed by atoms with Gasteiger partial charge in [0.25, 0.3) is 0 Å². The summed E-state index contributed by atoms with van der Waals surface area (Å²) in [5.74, 6) is 0.0897. The van der Waals surface area contributed by atoms with E-state index >= 15 is 0 Å². The number of nitrogens with one attached hydrogen (secondary N) is 2. The number of rotatable bonds is 9. The first kappa shape index (κ1) is 23.4.